The zero-order chi connectivity index (χ0) is 14.0. The van der Waals surface area contributed by atoms with Crippen molar-refractivity contribution in [1.82, 2.24) is 10.3 Å². The zero-order valence-corrected chi connectivity index (χ0v) is 12.1. The third-order valence-electron chi connectivity index (χ3n) is 2.56. The van der Waals surface area contributed by atoms with Crippen molar-refractivity contribution in [2.45, 2.75) is 19.9 Å². The number of hydrogen-bond donors (Lipinski definition) is 2. The summed E-state index contributed by atoms with van der Waals surface area (Å²) in [6.45, 7) is 3.55. The Morgan fingerprint density at radius 1 is 1.53 bits per heavy atom. The number of phenolic OH excluding ortho intramolecular Hbond substituents is 1. The van der Waals surface area contributed by atoms with E-state index in [0.29, 0.717) is 16.1 Å². The smallest absolute Gasteiger partial charge is 0.255 e. The van der Waals surface area contributed by atoms with Gasteiger partial charge in [0.15, 0.2) is 0 Å². The summed E-state index contributed by atoms with van der Waals surface area (Å²) < 4.78 is 6.04. The second-order valence-electron chi connectivity index (χ2n) is 4.17. The molecule has 0 spiro atoms. The van der Waals surface area contributed by atoms with Crippen molar-refractivity contribution in [3.8, 4) is 5.75 Å². The quantitative estimate of drug-likeness (QED) is 0.910. The average molecular weight is 325 g/mol. The van der Waals surface area contributed by atoms with Crippen molar-refractivity contribution in [3.05, 3.63) is 46.1 Å². The molecule has 2 aromatic rings. The third-order valence-corrected chi connectivity index (χ3v) is 3.05. The SMILES string of the molecule is Cc1cnc(C(C)NC(=O)c2ccc(Br)cc2O)o1. The molecule has 2 rings (SSSR count). The highest BCUT2D eigenvalue weighted by Crippen LogP contribution is 2.23. The first-order valence-corrected chi connectivity index (χ1v) is 6.48. The highest BCUT2D eigenvalue weighted by atomic mass is 79.9. The van der Waals surface area contributed by atoms with E-state index in [1.165, 1.54) is 6.07 Å². The predicted molar refractivity (Wildman–Crippen MR) is 72.9 cm³/mol. The van der Waals surface area contributed by atoms with Crippen LogP contribution in [0.4, 0.5) is 0 Å². The molecule has 0 bridgehead atoms. The van der Waals surface area contributed by atoms with Crippen LogP contribution in [-0.4, -0.2) is 16.0 Å². The molecule has 0 fully saturated rings. The van der Waals surface area contributed by atoms with E-state index < -0.39 is 0 Å². The molecule has 0 aliphatic rings. The number of hydrogen-bond acceptors (Lipinski definition) is 4. The number of carbonyl (C=O) groups is 1. The Bertz CT molecular complexity index is 610. The van der Waals surface area contributed by atoms with Crippen molar-refractivity contribution >= 4 is 21.8 Å². The van der Waals surface area contributed by atoms with E-state index in [4.69, 9.17) is 4.42 Å². The van der Waals surface area contributed by atoms with E-state index in [0.717, 1.165) is 0 Å². The second-order valence-corrected chi connectivity index (χ2v) is 5.08. The largest absolute Gasteiger partial charge is 0.507 e. The van der Waals surface area contributed by atoms with Crippen molar-refractivity contribution in [3.63, 3.8) is 0 Å². The number of nitrogens with zero attached hydrogens (tertiary/aromatic N) is 1. The monoisotopic (exact) mass is 324 g/mol. The van der Waals surface area contributed by atoms with Crippen LogP contribution in [0.5, 0.6) is 5.75 Å². The van der Waals surface area contributed by atoms with E-state index in [1.807, 2.05) is 0 Å². The molecule has 0 aliphatic carbocycles. The lowest BCUT2D eigenvalue weighted by molar-refractivity contribution is 0.0931. The van der Waals surface area contributed by atoms with E-state index in [1.54, 1.807) is 32.2 Å². The standard InChI is InChI=1S/C13H13BrN2O3/c1-7-6-15-13(19-7)8(2)16-12(18)10-4-3-9(14)5-11(10)17/h3-6,8,17H,1-2H3,(H,16,18). The van der Waals surface area contributed by atoms with Gasteiger partial charge >= 0.3 is 0 Å². The van der Waals surface area contributed by atoms with Gasteiger partial charge in [-0.15, -0.1) is 0 Å². The van der Waals surface area contributed by atoms with Gasteiger partial charge in [-0.25, -0.2) is 4.98 Å². The average Bonchev–Trinajstić information content (AvgIpc) is 2.75. The summed E-state index contributed by atoms with van der Waals surface area (Å²) in [5, 5.41) is 12.4. The zero-order valence-electron chi connectivity index (χ0n) is 10.5. The fraction of sp³-hybridized carbons (Fsp3) is 0.231. The molecular formula is C13H13BrN2O3. The maximum Gasteiger partial charge on any atom is 0.255 e. The Morgan fingerprint density at radius 3 is 2.84 bits per heavy atom. The summed E-state index contributed by atoms with van der Waals surface area (Å²) in [7, 11) is 0. The number of aryl methyl sites for hydroxylation is 1. The van der Waals surface area contributed by atoms with Gasteiger partial charge in [0, 0.05) is 4.47 Å². The number of halogens is 1. The van der Waals surface area contributed by atoms with Crippen LogP contribution in [0.1, 0.15) is 35.0 Å². The van der Waals surface area contributed by atoms with Gasteiger partial charge in [0.25, 0.3) is 5.91 Å². The van der Waals surface area contributed by atoms with Crippen LogP contribution >= 0.6 is 15.9 Å². The Morgan fingerprint density at radius 2 is 2.26 bits per heavy atom. The van der Waals surface area contributed by atoms with Crippen LogP contribution in [0.15, 0.2) is 33.3 Å². The number of carbonyl (C=O) groups excluding carboxylic acids is 1. The number of rotatable bonds is 3. The van der Waals surface area contributed by atoms with Crippen molar-refractivity contribution < 1.29 is 14.3 Å². The van der Waals surface area contributed by atoms with Crippen molar-refractivity contribution in [2.75, 3.05) is 0 Å². The number of benzene rings is 1. The first-order valence-electron chi connectivity index (χ1n) is 5.69. The summed E-state index contributed by atoms with van der Waals surface area (Å²) in [6, 6.07) is 4.33. The number of aromatic hydroxyl groups is 1. The van der Waals surface area contributed by atoms with Crippen LogP contribution in [0.3, 0.4) is 0 Å². The Labute approximate surface area is 118 Å². The van der Waals surface area contributed by atoms with Gasteiger partial charge in [0.2, 0.25) is 5.89 Å². The van der Waals surface area contributed by atoms with Gasteiger partial charge in [-0.1, -0.05) is 15.9 Å². The maximum absolute atomic E-state index is 12.0. The molecule has 6 heteroatoms. The molecule has 100 valence electrons. The first-order chi connectivity index (χ1) is 8.97. The normalized spacial score (nSPS) is 12.2. The second kappa shape index (κ2) is 5.44. The molecule has 2 N–H and O–H groups in total. The predicted octanol–water partition coefficient (Wildman–Crippen LogP) is 2.94. The molecule has 1 heterocycles. The van der Waals surface area contributed by atoms with Gasteiger partial charge < -0.3 is 14.8 Å². The molecule has 1 atom stereocenters. The van der Waals surface area contributed by atoms with Gasteiger partial charge in [-0.2, -0.15) is 0 Å². The minimum absolute atomic E-state index is 0.0809. The molecule has 1 aromatic carbocycles. The van der Waals surface area contributed by atoms with E-state index >= 15 is 0 Å². The van der Waals surface area contributed by atoms with Crippen LogP contribution in [0, 0.1) is 6.92 Å². The Hall–Kier alpha value is -1.82. The molecule has 0 saturated heterocycles. The van der Waals surface area contributed by atoms with Gasteiger partial charge in [0.1, 0.15) is 17.6 Å². The van der Waals surface area contributed by atoms with Crippen molar-refractivity contribution in [2.24, 2.45) is 0 Å². The van der Waals surface area contributed by atoms with Gasteiger partial charge in [-0.05, 0) is 32.0 Å². The topological polar surface area (TPSA) is 75.4 Å². The summed E-state index contributed by atoms with van der Waals surface area (Å²) in [6.07, 6.45) is 1.59. The molecule has 0 radical (unpaired) electrons. The lowest BCUT2D eigenvalue weighted by atomic mass is 10.2. The molecule has 5 nitrogen and oxygen atoms in total. The fourth-order valence-corrected chi connectivity index (χ4v) is 1.95. The first kappa shape index (κ1) is 13.6. The molecule has 1 aromatic heterocycles. The molecule has 1 unspecified atom stereocenters. The highest BCUT2D eigenvalue weighted by Gasteiger charge is 2.17. The van der Waals surface area contributed by atoms with Crippen LogP contribution in [0.25, 0.3) is 0 Å². The molecule has 0 saturated carbocycles. The van der Waals surface area contributed by atoms with Crippen molar-refractivity contribution in [1.29, 1.82) is 0 Å². The maximum atomic E-state index is 12.0. The number of phenols is 1. The summed E-state index contributed by atoms with van der Waals surface area (Å²) in [5.74, 6) is 0.654. The highest BCUT2D eigenvalue weighted by molar-refractivity contribution is 9.10. The summed E-state index contributed by atoms with van der Waals surface area (Å²) >= 11 is 3.22. The van der Waals surface area contributed by atoms with Crippen LogP contribution in [0.2, 0.25) is 0 Å². The minimum atomic E-state index is -0.381. The molecule has 1 amide bonds. The minimum Gasteiger partial charge on any atom is -0.507 e. The van der Waals surface area contributed by atoms with Crippen LogP contribution in [-0.2, 0) is 0 Å². The number of aromatic nitrogens is 1. The number of oxazole rings is 1. The van der Waals surface area contributed by atoms with Crippen LogP contribution < -0.4 is 5.32 Å². The Balaban J connectivity index is 2.12. The lowest BCUT2D eigenvalue weighted by Gasteiger charge is -2.11. The summed E-state index contributed by atoms with van der Waals surface area (Å²) in [4.78, 5) is 16.1. The van der Waals surface area contributed by atoms with E-state index in [2.05, 4.69) is 26.2 Å². The number of amides is 1. The van der Waals surface area contributed by atoms with E-state index in [-0.39, 0.29) is 23.3 Å². The molecule has 19 heavy (non-hydrogen) atoms. The Kier molecular flexibility index (Phi) is 3.90. The fourth-order valence-electron chi connectivity index (χ4n) is 1.61. The third kappa shape index (κ3) is 3.14. The lowest BCUT2D eigenvalue weighted by Crippen LogP contribution is -2.26. The summed E-state index contributed by atoms with van der Waals surface area (Å²) in [5.41, 5.74) is 0.207. The molecule has 0 aliphatic heterocycles. The molecular weight excluding hydrogens is 312 g/mol. The van der Waals surface area contributed by atoms with Gasteiger partial charge in [0.05, 0.1) is 11.8 Å². The van der Waals surface area contributed by atoms with E-state index in [9.17, 15) is 9.90 Å². The number of nitrogens with one attached hydrogen (secondary N) is 1. The van der Waals surface area contributed by atoms with Gasteiger partial charge in [-0.3, -0.25) is 4.79 Å².